The normalized spacial score (nSPS) is 11.3. The lowest BCUT2D eigenvalue weighted by molar-refractivity contribution is 0.337. The first-order chi connectivity index (χ1) is 10.0. The van der Waals surface area contributed by atoms with Crippen LogP contribution >= 0.6 is 15.9 Å². The number of ether oxygens (including phenoxy) is 1. The second-order valence-electron chi connectivity index (χ2n) is 4.43. The Balaban J connectivity index is 2.01. The van der Waals surface area contributed by atoms with Crippen LogP contribution in [0.4, 0.5) is 0 Å². The first kappa shape index (κ1) is 16.0. The van der Waals surface area contributed by atoms with E-state index in [-0.39, 0.29) is 12.4 Å². The summed E-state index contributed by atoms with van der Waals surface area (Å²) in [4.78, 5) is 0.293. The molecule has 0 bridgehead atoms. The van der Waals surface area contributed by atoms with Crippen molar-refractivity contribution in [3.63, 3.8) is 0 Å². The molecule has 0 aliphatic carbocycles. The summed E-state index contributed by atoms with van der Waals surface area (Å²) < 4.78 is 30.7. The van der Waals surface area contributed by atoms with E-state index < -0.39 is 9.84 Å². The lowest BCUT2D eigenvalue weighted by Crippen LogP contribution is -2.15. The van der Waals surface area contributed by atoms with Gasteiger partial charge in [0.2, 0.25) is 0 Å². The highest BCUT2D eigenvalue weighted by molar-refractivity contribution is 9.10. The van der Waals surface area contributed by atoms with Gasteiger partial charge in [0, 0.05) is 16.6 Å². The molecule has 0 radical (unpaired) electrons. The molecule has 2 N–H and O–H groups in total. The first-order valence-electron chi connectivity index (χ1n) is 6.42. The molecule has 21 heavy (non-hydrogen) atoms. The predicted octanol–water partition coefficient (Wildman–Crippen LogP) is 2.76. The molecule has 2 aromatic rings. The summed E-state index contributed by atoms with van der Waals surface area (Å²) in [5.41, 5.74) is 6.47. The van der Waals surface area contributed by atoms with Gasteiger partial charge in [-0.15, -0.1) is 0 Å². The fourth-order valence-electron chi connectivity index (χ4n) is 1.83. The van der Waals surface area contributed by atoms with Crippen LogP contribution in [0, 0.1) is 0 Å². The Labute approximate surface area is 133 Å². The molecule has 0 saturated carbocycles. The maximum atomic E-state index is 12.2. The van der Waals surface area contributed by atoms with Crippen molar-refractivity contribution in [1.82, 2.24) is 0 Å². The third-order valence-electron chi connectivity index (χ3n) is 2.97. The molecule has 0 unspecified atom stereocenters. The van der Waals surface area contributed by atoms with E-state index >= 15 is 0 Å². The summed E-state index contributed by atoms with van der Waals surface area (Å²) in [5.74, 6) is 0.555. The summed E-state index contributed by atoms with van der Waals surface area (Å²) in [5, 5.41) is 0. The summed E-state index contributed by atoms with van der Waals surface area (Å²) in [6.45, 7) is 0.449. The van der Waals surface area contributed by atoms with E-state index in [2.05, 4.69) is 15.9 Å². The zero-order valence-corrected chi connectivity index (χ0v) is 13.7. The van der Waals surface area contributed by atoms with Gasteiger partial charge < -0.3 is 10.5 Å². The Bertz CT molecular complexity index is 699. The minimum absolute atomic E-state index is 0.0759. The standard InChI is InChI=1S/C15H16BrNO3S/c16-13-5-7-14(8-6-13)21(18,19)10-9-20-15-4-2-1-3-12(15)11-17/h1-8H,9-11,17H2. The highest BCUT2D eigenvalue weighted by atomic mass is 79.9. The Hall–Kier alpha value is -1.37. The van der Waals surface area contributed by atoms with Crippen molar-refractivity contribution in [3.05, 3.63) is 58.6 Å². The second-order valence-corrected chi connectivity index (χ2v) is 7.46. The molecule has 0 saturated heterocycles. The maximum Gasteiger partial charge on any atom is 0.181 e. The molecule has 0 amide bonds. The van der Waals surface area contributed by atoms with Gasteiger partial charge in [0.05, 0.1) is 10.6 Å². The van der Waals surface area contributed by atoms with Gasteiger partial charge in [-0.25, -0.2) is 8.42 Å². The van der Waals surface area contributed by atoms with Crippen LogP contribution in [-0.4, -0.2) is 20.8 Å². The van der Waals surface area contributed by atoms with Crippen molar-refractivity contribution in [2.45, 2.75) is 11.4 Å². The van der Waals surface area contributed by atoms with E-state index in [0.29, 0.717) is 17.2 Å². The molecule has 0 aliphatic heterocycles. The number of hydrogen-bond acceptors (Lipinski definition) is 4. The van der Waals surface area contributed by atoms with Crippen LogP contribution < -0.4 is 10.5 Å². The minimum atomic E-state index is -3.34. The Morgan fingerprint density at radius 2 is 1.71 bits per heavy atom. The molecule has 0 atom stereocenters. The summed E-state index contributed by atoms with van der Waals surface area (Å²) in [6.07, 6.45) is 0. The van der Waals surface area contributed by atoms with Gasteiger partial charge in [-0.2, -0.15) is 0 Å². The van der Waals surface area contributed by atoms with E-state index in [1.165, 1.54) is 0 Å². The fourth-order valence-corrected chi connectivity index (χ4v) is 3.19. The van der Waals surface area contributed by atoms with Crippen molar-refractivity contribution in [2.75, 3.05) is 12.4 Å². The average molecular weight is 370 g/mol. The molecule has 0 aromatic heterocycles. The zero-order valence-electron chi connectivity index (χ0n) is 11.3. The van der Waals surface area contributed by atoms with Crippen LogP contribution in [-0.2, 0) is 16.4 Å². The van der Waals surface area contributed by atoms with E-state index in [0.717, 1.165) is 10.0 Å². The van der Waals surface area contributed by atoms with Gasteiger partial charge in [-0.1, -0.05) is 34.1 Å². The van der Waals surface area contributed by atoms with E-state index in [1.54, 1.807) is 30.3 Å². The van der Waals surface area contributed by atoms with E-state index in [1.807, 2.05) is 18.2 Å². The third-order valence-corrected chi connectivity index (χ3v) is 5.20. The maximum absolute atomic E-state index is 12.2. The number of nitrogens with two attached hydrogens (primary N) is 1. The lowest BCUT2D eigenvalue weighted by atomic mass is 10.2. The van der Waals surface area contributed by atoms with Crippen LogP contribution in [0.3, 0.4) is 0 Å². The lowest BCUT2D eigenvalue weighted by Gasteiger charge is -2.10. The van der Waals surface area contributed by atoms with Crippen LogP contribution in [0.1, 0.15) is 5.56 Å². The minimum Gasteiger partial charge on any atom is -0.492 e. The van der Waals surface area contributed by atoms with Crippen LogP contribution in [0.5, 0.6) is 5.75 Å². The highest BCUT2D eigenvalue weighted by Crippen LogP contribution is 2.19. The van der Waals surface area contributed by atoms with Crippen LogP contribution in [0.2, 0.25) is 0 Å². The van der Waals surface area contributed by atoms with Crippen molar-refractivity contribution in [3.8, 4) is 5.75 Å². The van der Waals surface area contributed by atoms with Gasteiger partial charge in [0.15, 0.2) is 9.84 Å². The van der Waals surface area contributed by atoms with E-state index in [4.69, 9.17) is 10.5 Å². The van der Waals surface area contributed by atoms with Crippen molar-refractivity contribution in [2.24, 2.45) is 5.73 Å². The smallest absolute Gasteiger partial charge is 0.181 e. The molecule has 112 valence electrons. The van der Waals surface area contributed by atoms with Crippen molar-refractivity contribution >= 4 is 25.8 Å². The second kappa shape index (κ2) is 7.06. The number of benzene rings is 2. The molecule has 2 rings (SSSR count). The summed E-state index contributed by atoms with van der Waals surface area (Å²) >= 11 is 3.28. The predicted molar refractivity (Wildman–Crippen MR) is 86.0 cm³/mol. The van der Waals surface area contributed by atoms with Gasteiger partial charge in [0.1, 0.15) is 12.4 Å². The van der Waals surface area contributed by atoms with Gasteiger partial charge in [-0.05, 0) is 30.3 Å². The quantitative estimate of drug-likeness (QED) is 0.849. The molecule has 0 aliphatic rings. The largest absolute Gasteiger partial charge is 0.492 e. The Morgan fingerprint density at radius 3 is 2.38 bits per heavy atom. The van der Waals surface area contributed by atoms with Gasteiger partial charge in [0.25, 0.3) is 0 Å². The molecule has 6 heteroatoms. The van der Waals surface area contributed by atoms with Crippen LogP contribution in [0.25, 0.3) is 0 Å². The van der Waals surface area contributed by atoms with Crippen LogP contribution in [0.15, 0.2) is 57.9 Å². The molecule has 0 heterocycles. The molecule has 4 nitrogen and oxygen atoms in total. The Kier molecular flexibility index (Phi) is 5.39. The van der Waals surface area contributed by atoms with Gasteiger partial charge >= 0.3 is 0 Å². The molecular weight excluding hydrogens is 354 g/mol. The number of sulfone groups is 1. The van der Waals surface area contributed by atoms with Crippen molar-refractivity contribution < 1.29 is 13.2 Å². The number of rotatable bonds is 6. The zero-order chi connectivity index (χ0) is 15.3. The fraction of sp³-hybridized carbons (Fsp3) is 0.200. The van der Waals surface area contributed by atoms with Crippen molar-refractivity contribution in [1.29, 1.82) is 0 Å². The summed E-state index contributed by atoms with van der Waals surface area (Å²) in [6, 6.07) is 13.9. The first-order valence-corrected chi connectivity index (χ1v) is 8.86. The number of para-hydroxylation sites is 1. The molecular formula is C15H16BrNO3S. The highest BCUT2D eigenvalue weighted by Gasteiger charge is 2.14. The summed E-state index contributed by atoms with van der Waals surface area (Å²) in [7, 11) is -3.34. The van der Waals surface area contributed by atoms with E-state index in [9.17, 15) is 8.42 Å². The SMILES string of the molecule is NCc1ccccc1OCCS(=O)(=O)c1ccc(Br)cc1. The number of halogens is 1. The Morgan fingerprint density at radius 1 is 1.05 bits per heavy atom. The third kappa shape index (κ3) is 4.30. The number of hydrogen-bond donors (Lipinski definition) is 1. The molecule has 0 fully saturated rings. The molecule has 0 spiro atoms. The monoisotopic (exact) mass is 369 g/mol. The topological polar surface area (TPSA) is 69.4 Å². The van der Waals surface area contributed by atoms with Gasteiger partial charge in [-0.3, -0.25) is 0 Å². The molecule has 2 aromatic carbocycles. The average Bonchev–Trinajstić information content (AvgIpc) is 2.48.